The standard InChI is InChI=1S/C20H22Cl2FN3O3/c1-27-15-7-16(28-2)20(22)18(19(15)21)13(23)5-11-8-25-17(26-9-11)6-12-10-29-4-3-14(12)24/h5,7-9,12,14H,3-4,6,10,24H2,1-2H3/b13-5-/t12-,14+/m0/s1. The molecule has 2 heterocycles. The van der Waals surface area contributed by atoms with Gasteiger partial charge in [0, 0.05) is 49.0 Å². The number of benzene rings is 1. The molecular weight excluding hydrogens is 420 g/mol. The van der Waals surface area contributed by atoms with Gasteiger partial charge in [-0.25, -0.2) is 14.4 Å². The Bertz CT molecular complexity index is 865. The summed E-state index contributed by atoms with van der Waals surface area (Å²) in [6.45, 7) is 1.27. The monoisotopic (exact) mass is 441 g/mol. The summed E-state index contributed by atoms with van der Waals surface area (Å²) >= 11 is 12.5. The first-order valence-corrected chi connectivity index (χ1v) is 9.82. The Labute approximate surface area is 178 Å². The van der Waals surface area contributed by atoms with E-state index in [4.69, 9.17) is 43.1 Å². The largest absolute Gasteiger partial charge is 0.495 e. The highest BCUT2D eigenvalue weighted by Gasteiger charge is 2.24. The molecule has 1 aromatic carbocycles. The van der Waals surface area contributed by atoms with Gasteiger partial charge in [-0.05, 0) is 12.5 Å². The van der Waals surface area contributed by atoms with Crippen LogP contribution >= 0.6 is 23.2 Å². The van der Waals surface area contributed by atoms with Crippen LogP contribution in [0.3, 0.4) is 0 Å². The van der Waals surface area contributed by atoms with Crippen molar-refractivity contribution in [1.82, 2.24) is 9.97 Å². The fourth-order valence-corrected chi connectivity index (χ4v) is 3.80. The molecular formula is C20H22Cl2FN3O3. The summed E-state index contributed by atoms with van der Waals surface area (Å²) in [6.07, 6.45) is 5.76. The number of hydrogen-bond acceptors (Lipinski definition) is 6. The lowest BCUT2D eigenvalue weighted by molar-refractivity contribution is 0.0415. The van der Waals surface area contributed by atoms with E-state index >= 15 is 0 Å². The number of hydrogen-bond donors (Lipinski definition) is 1. The lowest BCUT2D eigenvalue weighted by atomic mass is 9.93. The summed E-state index contributed by atoms with van der Waals surface area (Å²) < 4.78 is 30.8. The average molecular weight is 442 g/mol. The summed E-state index contributed by atoms with van der Waals surface area (Å²) in [6, 6.07) is 1.57. The maximum absolute atomic E-state index is 15.0. The van der Waals surface area contributed by atoms with Crippen molar-refractivity contribution in [3.05, 3.63) is 45.5 Å². The molecule has 0 spiro atoms. The van der Waals surface area contributed by atoms with E-state index in [1.54, 1.807) is 0 Å². The van der Waals surface area contributed by atoms with Crippen molar-refractivity contribution in [2.24, 2.45) is 11.7 Å². The number of rotatable bonds is 6. The van der Waals surface area contributed by atoms with Crippen LogP contribution in [0.15, 0.2) is 18.5 Å². The van der Waals surface area contributed by atoms with Crippen molar-refractivity contribution in [3.8, 4) is 11.5 Å². The van der Waals surface area contributed by atoms with E-state index in [9.17, 15) is 4.39 Å². The average Bonchev–Trinajstić information content (AvgIpc) is 2.71. The third-order valence-corrected chi connectivity index (χ3v) is 5.56. The Hall–Kier alpha value is -1.93. The summed E-state index contributed by atoms with van der Waals surface area (Å²) in [7, 11) is 2.85. The summed E-state index contributed by atoms with van der Waals surface area (Å²) in [5, 5.41) is 0.103. The predicted molar refractivity (Wildman–Crippen MR) is 111 cm³/mol. The molecule has 3 rings (SSSR count). The highest BCUT2D eigenvalue weighted by molar-refractivity contribution is 6.39. The van der Waals surface area contributed by atoms with Crippen molar-refractivity contribution in [1.29, 1.82) is 0 Å². The predicted octanol–water partition coefficient (Wildman–Crippen LogP) is 4.17. The fourth-order valence-electron chi connectivity index (χ4n) is 3.12. The van der Waals surface area contributed by atoms with E-state index in [-0.39, 0.29) is 39.1 Å². The molecule has 0 saturated carbocycles. The Morgan fingerprint density at radius 3 is 2.41 bits per heavy atom. The van der Waals surface area contributed by atoms with Gasteiger partial charge < -0.3 is 19.9 Å². The molecule has 0 aliphatic carbocycles. The maximum atomic E-state index is 15.0. The molecule has 1 aromatic heterocycles. The van der Waals surface area contributed by atoms with E-state index in [0.717, 1.165) is 6.42 Å². The number of methoxy groups -OCH3 is 2. The molecule has 0 unspecified atom stereocenters. The molecule has 2 N–H and O–H groups in total. The van der Waals surface area contributed by atoms with Gasteiger partial charge in [0.15, 0.2) is 0 Å². The number of halogens is 3. The molecule has 6 nitrogen and oxygen atoms in total. The quantitative estimate of drug-likeness (QED) is 0.724. The molecule has 2 atom stereocenters. The van der Waals surface area contributed by atoms with E-state index in [0.29, 0.717) is 31.0 Å². The third kappa shape index (κ3) is 4.98. The van der Waals surface area contributed by atoms with E-state index in [2.05, 4.69) is 9.97 Å². The number of ether oxygens (including phenoxy) is 3. The molecule has 29 heavy (non-hydrogen) atoms. The second-order valence-corrected chi connectivity index (χ2v) is 7.46. The zero-order valence-corrected chi connectivity index (χ0v) is 17.6. The van der Waals surface area contributed by atoms with Gasteiger partial charge in [0.1, 0.15) is 23.2 Å². The lowest BCUT2D eigenvalue weighted by Gasteiger charge is -2.28. The van der Waals surface area contributed by atoms with E-state index in [1.165, 1.54) is 38.8 Å². The highest BCUT2D eigenvalue weighted by atomic mass is 35.5. The molecule has 1 aliphatic rings. The summed E-state index contributed by atoms with van der Waals surface area (Å²) in [5.41, 5.74) is 6.57. The Morgan fingerprint density at radius 1 is 1.24 bits per heavy atom. The van der Waals surface area contributed by atoms with Gasteiger partial charge in [-0.15, -0.1) is 0 Å². The first-order chi connectivity index (χ1) is 13.9. The molecule has 156 valence electrons. The van der Waals surface area contributed by atoms with Crippen LogP contribution in [0.25, 0.3) is 11.9 Å². The molecule has 1 fully saturated rings. The second kappa shape index (κ2) is 9.71. The maximum Gasteiger partial charge on any atom is 0.141 e. The van der Waals surface area contributed by atoms with Crippen molar-refractivity contribution in [3.63, 3.8) is 0 Å². The molecule has 1 aliphatic heterocycles. The van der Waals surface area contributed by atoms with Gasteiger partial charge in [0.25, 0.3) is 0 Å². The normalized spacial score (nSPS) is 19.9. The van der Waals surface area contributed by atoms with Gasteiger partial charge in [-0.2, -0.15) is 0 Å². The molecule has 0 radical (unpaired) electrons. The number of nitrogens with two attached hydrogens (primary N) is 1. The smallest absolute Gasteiger partial charge is 0.141 e. The van der Waals surface area contributed by atoms with Crippen molar-refractivity contribution in [2.45, 2.75) is 18.9 Å². The number of nitrogens with zero attached hydrogens (tertiary/aromatic N) is 2. The number of aromatic nitrogens is 2. The van der Waals surface area contributed by atoms with E-state index in [1.807, 2.05) is 0 Å². The lowest BCUT2D eigenvalue weighted by Crippen LogP contribution is -2.40. The second-order valence-electron chi connectivity index (χ2n) is 6.70. The Balaban J connectivity index is 1.83. The molecule has 0 bridgehead atoms. The van der Waals surface area contributed by atoms with Crippen LogP contribution in [0, 0.1) is 5.92 Å². The molecule has 9 heteroatoms. The SMILES string of the molecule is COc1cc(OC)c(Cl)c(/C(F)=C/c2cnc(C[C@H]3COCC[C@H]3N)nc2)c1Cl. The highest BCUT2D eigenvalue weighted by Crippen LogP contribution is 2.44. The van der Waals surface area contributed by atoms with Gasteiger partial charge in [-0.3, -0.25) is 0 Å². The zero-order chi connectivity index (χ0) is 21.0. The van der Waals surface area contributed by atoms with Crippen LogP contribution in [0.4, 0.5) is 4.39 Å². The van der Waals surface area contributed by atoms with Crippen LogP contribution < -0.4 is 15.2 Å². The minimum absolute atomic E-state index is 0.0149. The van der Waals surface area contributed by atoms with Gasteiger partial charge in [0.05, 0.1) is 36.4 Å². The Morgan fingerprint density at radius 2 is 1.86 bits per heavy atom. The van der Waals surface area contributed by atoms with Crippen molar-refractivity contribution in [2.75, 3.05) is 27.4 Å². The van der Waals surface area contributed by atoms with Gasteiger partial charge in [-0.1, -0.05) is 23.2 Å². The molecule has 2 aromatic rings. The Kier molecular flexibility index (Phi) is 7.29. The third-order valence-electron chi connectivity index (χ3n) is 4.81. The van der Waals surface area contributed by atoms with Gasteiger partial charge in [0.2, 0.25) is 0 Å². The van der Waals surface area contributed by atoms with Gasteiger partial charge >= 0.3 is 0 Å². The molecule has 0 amide bonds. The first kappa shape index (κ1) is 21.8. The van der Waals surface area contributed by atoms with Crippen LogP contribution in [-0.4, -0.2) is 43.4 Å². The molecule has 1 saturated heterocycles. The minimum Gasteiger partial charge on any atom is -0.495 e. The fraction of sp³-hybridized carbons (Fsp3) is 0.400. The van der Waals surface area contributed by atoms with E-state index < -0.39 is 5.83 Å². The first-order valence-electron chi connectivity index (χ1n) is 9.06. The summed E-state index contributed by atoms with van der Waals surface area (Å²) in [5.74, 6) is 0.654. The van der Waals surface area contributed by atoms with Crippen LogP contribution in [-0.2, 0) is 11.2 Å². The van der Waals surface area contributed by atoms with Crippen LogP contribution in [0.2, 0.25) is 10.0 Å². The summed E-state index contributed by atoms with van der Waals surface area (Å²) in [4.78, 5) is 8.63. The minimum atomic E-state index is -0.656. The van der Waals surface area contributed by atoms with Crippen molar-refractivity contribution < 1.29 is 18.6 Å². The van der Waals surface area contributed by atoms with Crippen LogP contribution in [0.5, 0.6) is 11.5 Å². The van der Waals surface area contributed by atoms with Crippen LogP contribution in [0.1, 0.15) is 23.4 Å². The zero-order valence-electron chi connectivity index (χ0n) is 16.1. The van der Waals surface area contributed by atoms with Crippen molar-refractivity contribution >= 4 is 35.1 Å². The topological polar surface area (TPSA) is 79.5 Å².